The van der Waals surface area contributed by atoms with Crippen LogP contribution in [0, 0.1) is 17.8 Å². The largest absolute Gasteiger partial charge is 0.394 e. The maximum absolute atomic E-state index is 14.4. The summed E-state index contributed by atoms with van der Waals surface area (Å²) in [6, 6.07) is 17.8. The van der Waals surface area contributed by atoms with Gasteiger partial charge in [0.1, 0.15) is 11.6 Å². The monoisotopic (exact) mass is 547 g/mol. The van der Waals surface area contributed by atoms with Gasteiger partial charge in [-0.2, -0.15) is 0 Å². The number of aliphatic hydroxyl groups is 1. The predicted octanol–water partition coefficient (Wildman–Crippen LogP) is 3.18. The van der Waals surface area contributed by atoms with Crippen molar-refractivity contribution in [2.75, 3.05) is 6.61 Å². The first-order valence-electron chi connectivity index (χ1n) is 14.5. The molecule has 2 unspecified atom stereocenters. The molecule has 0 aliphatic carbocycles. The summed E-state index contributed by atoms with van der Waals surface area (Å²) >= 11 is 0. The Kier molecular flexibility index (Phi) is 8.02. The van der Waals surface area contributed by atoms with Gasteiger partial charge in [-0.1, -0.05) is 81.4 Å². The van der Waals surface area contributed by atoms with E-state index in [-0.39, 0.29) is 30.2 Å². The van der Waals surface area contributed by atoms with Crippen LogP contribution >= 0.6 is 0 Å². The van der Waals surface area contributed by atoms with Crippen molar-refractivity contribution in [2.24, 2.45) is 17.8 Å². The second-order valence-electron chi connectivity index (χ2n) is 12.0. The maximum Gasteiger partial charge on any atom is 0.246 e. The molecule has 0 saturated carbocycles. The first kappa shape index (κ1) is 28.3. The van der Waals surface area contributed by atoms with E-state index in [0.717, 1.165) is 11.1 Å². The molecule has 1 spiro atoms. The van der Waals surface area contributed by atoms with E-state index in [1.54, 1.807) is 4.90 Å². The lowest BCUT2D eigenvalue weighted by Gasteiger charge is -2.38. The van der Waals surface area contributed by atoms with E-state index >= 15 is 0 Å². The van der Waals surface area contributed by atoms with E-state index in [0.29, 0.717) is 38.8 Å². The molecular weight excluding hydrogens is 506 g/mol. The van der Waals surface area contributed by atoms with Crippen LogP contribution in [-0.4, -0.2) is 57.6 Å². The third kappa shape index (κ3) is 4.81. The molecule has 214 valence electrons. The minimum atomic E-state index is -1.12. The molecular formula is C32H41N3O5. The minimum absolute atomic E-state index is 0.195. The minimum Gasteiger partial charge on any atom is -0.394 e. The molecule has 3 aliphatic rings. The quantitative estimate of drug-likeness (QED) is 0.401. The Balaban J connectivity index is 1.49. The van der Waals surface area contributed by atoms with Crippen LogP contribution in [-0.2, 0) is 32.2 Å². The third-order valence-corrected chi connectivity index (χ3v) is 9.12. The lowest BCUT2D eigenvalue weighted by molar-refractivity contribution is -0.151. The summed E-state index contributed by atoms with van der Waals surface area (Å²) < 4.78 is 6.83. The fourth-order valence-corrected chi connectivity index (χ4v) is 7.34. The van der Waals surface area contributed by atoms with Crippen LogP contribution in [0.4, 0.5) is 0 Å². The summed E-state index contributed by atoms with van der Waals surface area (Å²) in [6.07, 6.45) is 2.22. The molecule has 3 saturated heterocycles. The number of hydrogen-bond acceptors (Lipinski definition) is 5. The van der Waals surface area contributed by atoms with Crippen LogP contribution in [0.1, 0.15) is 57.6 Å². The molecule has 3 amide bonds. The van der Waals surface area contributed by atoms with Crippen LogP contribution in [0.5, 0.6) is 0 Å². The average molecular weight is 548 g/mol. The number of benzene rings is 2. The van der Waals surface area contributed by atoms with Gasteiger partial charge < -0.3 is 25.4 Å². The highest BCUT2D eigenvalue weighted by molar-refractivity contribution is 5.99. The highest BCUT2D eigenvalue weighted by Crippen LogP contribution is 2.64. The Morgan fingerprint density at radius 3 is 2.08 bits per heavy atom. The standard InChI is InChI=1S/C32H41N3O5/c1-4-31-15-16-32(40-31)26(25(31)28(37)33-18-22-11-7-5-8-12-22)30(39)35(24(20-36)17-21(2)3)27(32)29(38)34-19-23-13-9-6-10-14-23/h5-14,21,24-27,36H,4,15-20H2,1-3H3,(H,33,37)(H,34,38)/t24-,25+,26+,27?,31-,32?/m1/s1. The van der Waals surface area contributed by atoms with Crippen molar-refractivity contribution in [1.82, 2.24) is 15.5 Å². The van der Waals surface area contributed by atoms with Gasteiger partial charge in [-0.25, -0.2) is 0 Å². The molecule has 0 radical (unpaired) electrons. The third-order valence-electron chi connectivity index (χ3n) is 9.12. The molecule has 6 atom stereocenters. The number of fused-ring (bicyclic) bond motifs is 1. The van der Waals surface area contributed by atoms with E-state index < -0.39 is 35.1 Å². The summed E-state index contributed by atoms with van der Waals surface area (Å²) in [5, 5.41) is 16.5. The Bertz CT molecular complexity index is 1220. The van der Waals surface area contributed by atoms with Crippen LogP contribution in [0.3, 0.4) is 0 Å². The topological polar surface area (TPSA) is 108 Å². The van der Waals surface area contributed by atoms with Crippen LogP contribution in [0.25, 0.3) is 0 Å². The van der Waals surface area contributed by atoms with Gasteiger partial charge in [-0.3, -0.25) is 14.4 Å². The highest BCUT2D eigenvalue weighted by Gasteiger charge is 2.79. The number of aliphatic hydroxyl groups excluding tert-OH is 1. The highest BCUT2D eigenvalue weighted by atomic mass is 16.5. The molecule has 2 aromatic carbocycles. The summed E-state index contributed by atoms with van der Waals surface area (Å²) in [5.41, 5.74) is -0.0122. The normalized spacial score (nSPS) is 29.5. The van der Waals surface area contributed by atoms with Gasteiger partial charge >= 0.3 is 0 Å². The van der Waals surface area contributed by atoms with Crippen molar-refractivity contribution >= 4 is 17.7 Å². The van der Waals surface area contributed by atoms with E-state index in [4.69, 9.17) is 4.74 Å². The van der Waals surface area contributed by atoms with Crippen molar-refractivity contribution in [2.45, 2.75) is 82.8 Å². The molecule has 3 N–H and O–H groups in total. The van der Waals surface area contributed by atoms with E-state index in [2.05, 4.69) is 10.6 Å². The van der Waals surface area contributed by atoms with Crippen molar-refractivity contribution < 1.29 is 24.2 Å². The summed E-state index contributed by atoms with van der Waals surface area (Å²) in [6.45, 7) is 6.44. The van der Waals surface area contributed by atoms with Gasteiger partial charge in [0.15, 0.2) is 0 Å². The number of nitrogens with one attached hydrogen (secondary N) is 2. The molecule has 0 aromatic heterocycles. The van der Waals surface area contributed by atoms with Gasteiger partial charge in [-0.05, 0) is 42.7 Å². The van der Waals surface area contributed by atoms with E-state index in [1.165, 1.54) is 0 Å². The molecule has 2 aromatic rings. The number of hydrogen-bond donors (Lipinski definition) is 3. The zero-order valence-electron chi connectivity index (χ0n) is 23.6. The zero-order valence-corrected chi connectivity index (χ0v) is 23.6. The van der Waals surface area contributed by atoms with Crippen molar-refractivity contribution in [3.05, 3.63) is 71.8 Å². The Morgan fingerprint density at radius 2 is 1.55 bits per heavy atom. The van der Waals surface area contributed by atoms with Gasteiger partial charge in [0.25, 0.3) is 0 Å². The molecule has 2 bridgehead atoms. The second-order valence-corrected chi connectivity index (χ2v) is 12.0. The fourth-order valence-electron chi connectivity index (χ4n) is 7.34. The van der Waals surface area contributed by atoms with Gasteiger partial charge in [0.05, 0.1) is 30.1 Å². The molecule has 3 aliphatic heterocycles. The Hall–Kier alpha value is -3.23. The predicted molar refractivity (Wildman–Crippen MR) is 151 cm³/mol. The van der Waals surface area contributed by atoms with Gasteiger partial charge in [-0.15, -0.1) is 0 Å². The van der Waals surface area contributed by atoms with Crippen LogP contribution in [0.15, 0.2) is 60.7 Å². The first-order valence-corrected chi connectivity index (χ1v) is 14.5. The Labute approximate surface area is 236 Å². The molecule has 8 heteroatoms. The van der Waals surface area contributed by atoms with Crippen molar-refractivity contribution in [3.63, 3.8) is 0 Å². The zero-order chi connectivity index (χ0) is 28.5. The summed E-state index contributed by atoms with van der Waals surface area (Å²) in [7, 11) is 0. The van der Waals surface area contributed by atoms with Crippen molar-refractivity contribution in [1.29, 1.82) is 0 Å². The number of carbonyl (C=O) groups is 3. The SMILES string of the molecule is CC[C@]12CCC3(O1)C(C(=O)NCc1ccccc1)N([C@@H](CO)CC(C)C)C(=O)[C@@H]3[C@H]2C(=O)NCc1ccccc1. The number of rotatable bonds is 11. The van der Waals surface area contributed by atoms with Crippen molar-refractivity contribution in [3.8, 4) is 0 Å². The van der Waals surface area contributed by atoms with Gasteiger partial charge in [0, 0.05) is 13.1 Å². The lowest BCUT2D eigenvalue weighted by atomic mass is 9.65. The maximum atomic E-state index is 14.4. The molecule has 3 heterocycles. The second kappa shape index (κ2) is 11.3. The molecule has 40 heavy (non-hydrogen) atoms. The Morgan fingerprint density at radius 1 is 0.975 bits per heavy atom. The fraction of sp³-hybridized carbons (Fsp3) is 0.531. The lowest BCUT2D eigenvalue weighted by Crippen LogP contribution is -2.58. The van der Waals surface area contributed by atoms with E-state index in [1.807, 2.05) is 81.4 Å². The number of nitrogens with zero attached hydrogens (tertiary/aromatic N) is 1. The molecule has 5 rings (SSSR count). The van der Waals surface area contributed by atoms with E-state index in [9.17, 15) is 19.5 Å². The average Bonchev–Trinajstić information content (AvgIpc) is 3.58. The van der Waals surface area contributed by atoms with Gasteiger partial charge in [0.2, 0.25) is 17.7 Å². The smallest absolute Gasteiger partial charge is 0.246 e. The number of ether oxygens (including phenoxy) is 1. The summed E-state index contributed by atoms with van der Waals surface area (Å²) in [5.74, 6) is -2.10. The first-order chi connectivity index (χ1) is 19.3. The number of carbonyl (C=O) groups excluding carboxylic acids is 3. The molecule has 8 nitrogen and oxygen atoms in total. The number of amides is 3. The van der Waals surface area contributed by atoms with Crippen LogP contribution < -0.4 is 10.6 Å². The summed E-state index contributed by atoms with van der Waals surface area (Å²) in [4.78, 5) is 43.8. The molecule has 3 fully saturated rings. The number of likely N-dealkylation sites (tertiary alicyclic amines) is 1. The van der Waals surface area contributed by atoms with Crippen LogP contribution in [0.2, 0.25) is 0 Å².